The number of hydrogen-bond donors (Lipinski definition) is 1. The predicted molar refractivity (Wildman–Crippen MR) is 121 cm³/mol. The summed E-state index contributed by atoms with van der Waals surface area (Å²) in [6.07, 6.45) is 0.996. The minimum absolute atomic E-state index is 0.0132. The molecule has 3 heterocycles. The number of pyridine rings is 1. The van der Waals surface area contributed by atoms with Crippen LogP contribution in [0.25, 0.3) is 0 Å². The number of fused-ring (bicyclic) bond motifs is 4. The number of benzene rings is 1. The second kappa shape index (κ2) is 8.85. The third kappa shape index (κ3) is 4.25. The first-order valence-corrected chi connectivity index (χ1v) is 11.0. The lowest BCUT2D eigenvalue weighted by atomic mass is 9.78. The van der Waals surface area contributed by atoms with Crippen molar-refractivity contribution in [2.75, 3.05) is 46.9 Å². The van der Waals surface area contributed by atoms with Crippen LogP contribution in [0.3, 0.4) is 0 Å². The Morgan fingerprint density at radius 2 is 2.03 bits per heavy atom. The molecule has 0 saturated carbocycles. The maximum Gasteiger partial charge on any atom is 0.257 e. The topological polar surface area (TPSA) is 80.8 Å². The summed E-state index contributed by atoms with van der Waals surface area (Å²) in [7, 11) is 4.05. The van der Waals surface area contributed by atoms with Crippen LogP contribution >= 0.6 is 0 Å². The molecular formula is C24H32N4O3. The van der Waals surface area contributed by atoms with Gasteiger partial charge in [-0.2, -0.15) is 0 Å². The van der Waals surface area contributed by atoms with Gasteiger partial charge in [-0.05, 0) is 51.6 Å². The predicted octanol–water partition coefficient (Wildman–Crippen LogP) is 1.86. The number of hydrogen-bond acceptors (Lipinski definition) is 5. The van der Waals surface area contributed by atoms with E-state index in [1.807, 2.05) is 60.8 Å². The second-order valence-corrected chi connectivity index (χ2v) is 9.03. The van der Waals surface area contributed by atoms with Crippen molar-refractivity contribution in [2.24, 2.45) is 11.7 Å². The van der Waals surface area contributed by atoms with Gasteiger partial charge < -0.3 is 24.8 Å². The Kier molecular flexibility index (Phi) is 6.16. The molecule has 0 spiro atoms. The van der Waals surface area contributed by atoms with Crippen LogP contribution in [0.1, 0.15) is 40.0 Å². The van der Waals surface area contributed by atoms with Crippen molar-refractivity contribution >= 4 is 5.91 Å². The molecule has 4 rings (SSSR count). The van der Waals surface area contributed by atoms with Gasteiger partial charge in [0.15, 0.2) is 0 Å². The molecule has 1 saturated heterocycles. The SMILES string of the molecule is Cc1ccc(OCCN)c(C(=O)N2C[C@H]3C[C@@H](C2)[C@H](CN(C)C)n2c3cccc2=O)c1. The molecule has 1 fully saturated rings. The van der Waals surface area contributed by atoms with Crippen LogP contribution in [0.2, 0.25) is 0 Å². The van der Waals surface area contributed by atoms with Crippen LogP contribution in [0.4, 0.5) is 0 Å². The van der Waals surface area contributed by atoms with Gasteiger partial charge in [0.05, 0.1) is 11.6 Å². The molecule has 2 aromatic rings. The van der Waals surface area contributed by atoms with Crippen LogP contribution in [0.5, 0.6) is 5.75 Å². The van der Waals surface area contributed by atoms with E-state index in [1.54, 1.807) is 6.07 Å². The first-order valence-electron chi connectivity index (χ1n) is 11.0. The maximum absolute atomic E-state index is 13.6. The summed E-state index contributed by atoms with van der Waals surface area (Å²) in [6.45, 7) is 4.76. The highest BCUT2D eigenvalue weighted by molar-refractivity contribution is 5.97. The Balaban J connectivity index is 1.68. The number of aromatic nitrogens is 1. The van der Waals surface area contributed by atoms with Crippen molar-refractivity contribution in [2.45, 2.75) is 25.3 Å². The number of aryl methyl sites for hydroxylation is 1. The van der Waals surface area contributed by atoms with Crippen LogP contribution in [0.15, 0.2) is 41.2 Å². The monoisotopic (exact) mass is 424 g/mol. The van der Waals surface area contributed by atoms with E-state index in [4.69, 9.17) is 10.5 Å². The van der Waals surface area contributed by atoms with Gasteiger partial charge in [0.1, 0.15) is 12.4 Å². The number of carbonyl (C=O) groups excluding carboxylic acids is 1. The third-order valence-electron chi connectivity index (χ3n) is 6.38. The molecule has 3 atom stereocenters. The van der Waals surface area contributed by atoms with E-state index in [1.165, 1.54) is 0 Å². The first-order chi connectivity index (χ1) is 14.9. The highest BCUT2D eigenvalue weighted by atomic mass is 16.5. The lowest BCUT2D eigenvalue weighted by Gasteiger charge is -2.47. The molecule has 1 aromatic heterocycles. The molecule has 7 heteroatoms. The lowest BCUT2D eigenvalue weighted by Crippen LogP contribution is -2.52. The highest BCUT2D eigenvalue weighted by Gasteiger charge is 2.42. The summed E-state index contributed by atoms with van der Waals surface area (Å²) in [5, 5.41) is 0. The number of rotatable bonds is 6. The average Bonchev–Trinajstić information content (AvgIpc) is 2.75. The average molecular weight is 425 g/mol. The van der Waals surface area contributed by atoms with Gasteiger partial charge in [-0.25, -0.2) is 0 Å². The van der Waals surface area contributed by atoms with Gasteiger partial charge in [0.2, 0.25) is 0 Å². The smallest absolute Gasteiger partial charge is 0.257 e. The lowest BCUT2D eigenvalue weighted by molar-refractivity contribution is 0.0495. The molecule has 0 unspecified atom stereocenters. The highest BCUT2D eigenvalue weighted by Crippen LogP contribution is 2.42. The van der Waals surface area contributed by atoms with Crippen molar-refractivity contribution in [3.63, 3.8) is 0 Å². The van der Waals surface area contributed by atoms with Crippen molar-refractivity contribution in [1.29, 1.82) is 0 Å². The summed E-state index contributed by atoms with van der Waals surface area (Å²) in [5.41, 5.74) is 8.29. The van der Waals surface area contributed by atoms with Crippen molar-refractivity contribution < 1.29 is 9.53 Å². The molecule has 2 bridgehead atoms. The van der Waals surface area contributed by atoms with Gasteiger partial charge in [-0.15, -0.1) is 0 Å². The molecule has 2 aliphatic rings. The number of nitrogens with zero attached hydrogens (tertiary/aromatic N) is 3. The van der Waals surface area contributed by atoms with Gasteiger partial charge in [-0.1, -0.05) is 17.7 Å². The summed E-state index contributed by atoms with van der Waals surface area (Å²) < 4.78 is 7.74. The molecule has 31 heavy (non-hydrogen) atoms. The molecule has 2 aliphatic heterocycles. The molecular weight excluding hydrogens is 392 g/mol. The number of amides is 1. The third-order valence-corrected chi connectivity index (χ3v) is 6.38. The Morgan fingerprint density at radius 3 is 2.77 bits per heavy atom. The Morgan fingerprint density at radius 1 is 1.23 bits per heavy atom. The summed E-state index contributed by atoms with van der Waals surface area (Å²) in [4.78, 5) is 30.4. The summed E-state index contributed by atoms with van der Waals surface area (Å²) in [5.74, 6) is 0.961. The van der Waals surface area contributed by atoms with Crippen LogP contribution in [-0.4, -0.2) is 67.2 Å². The molecule has 7 nitrogen and oxygen atoms in total. The number of carbonyl (C=O) groups is 1. The van der Waals surface area contributed by atoms with E-state index in [2.05, 4.69) is 4.90 Å². The Hall–Kier alpha value is -2.64. The van der Waals surface area contributed by atoms with Gasteiger partial charge in [0, 0.05) is 43.9 Å². The first kappa shape index (κ1) is 21.6. The normalized spacial score (nSPS) is 22.4. The van der Waals surface area contributed by atoms with Crippen LogP contribution in [0, 0.1) is 12.8 Å². The van der Waals surface area contributed by atoms with Gasteiger partial charge >= 0.3 is 0 Å². The second-order valence-electron chi connectivity index (χ2n) is 9.03. The number of piperidine rings is 1. The van der Waals surface area contributed by atoms with E-state index in [-0.39, 0.29) is 29.3 Å². The largest absolute Gasteiger partial charge is 0.491 e. The standard InChI is InChI=1S/C24H32N4O3/c1-16-7-8-22(31-10-9-25)19(11-16)24(30)27-13-17-12-18(14-27)21(15-26(2)3)28-20(17)5-4-6-23(28)29/h4-8,11,17-18,21H,9-10,12-15,25H2,1-3H3/t17-,18+,21+/m1/s1. The van der Waals surface area contributed by atoms with E-state index >= 15 is 0 Å². The molecule has 2 N–H and O–H groups in total. The van der Waals surface area contributed by atoms with Crippen LogP contribution in [-0.2, 0) is 0 Å². The van der Waals surface area contributed by atoms with Crippen LogP contribution < -0.4 is 16.0 Å². The van der Waals surface area contributed by atoms with Crippen molar-refractivity contribution in [3.05, 3.63) is 63.6 Å². The van der Waals surface area contributed by atoms with Crippen molar-refractivity contribution in [1.82, 2.24) is 14.4 Å². The number of likely N-dealkylation sites (N-methyl/N-ethyl adjacent to an activating group) is 1. The quantitative estimate of drug-likeness (QED) is 0.766. The number of likely N-dealkylation sites (tertiary alicyclic amines) is 1. The zero-order valence-electron chi connectivity index (χ0n) is 18.6. The van der Waals surface area contributed by atoms with Crippen molar-refractivity contribution in [3.8, 4) is 5.75 Å². The zero-order valence-corrected chi connectivity index (χ0v) is 18.6. The van der Waals surface area contributed by atoms with E-state index in [0.29, 0.717) is 37.6 Å². The summed E-state index contributed by atoms with van der Waals surface area (Å²) >= 11 is 0. The number of nitrogens with two attached hydrogens (primary N) is 1. The van der Waals surface area contributed by atoms with Gasteiger partial charge in [-0.3, -0.25) is 9.59 Å². The molecule has 1 amide bonds. The Labute approximate surface area is 183 Å². The molecule has 0 radical (unpaired) electrons. The van der Waals surface area contributed by atoms with E-state index < -0.39 is 0 Å². The van der Waals surface area contributed by atoms with Gasteiger partial charge in [0.25, 0.3) is 11.5 Å². The fourth-order valence-corrected chi connectivity index (χ4v) is 5.09. The minimum Gasteiger partial charge on any atom is -0.491 e. The molecule has 166 valence electrons. The fraction of sp³-hybridized carbons (Fsp3) is 0.500. The van der Waals surface area contributed by atoms with E-state index in [0.717, 1.165) is 24.2 Å². The molecule has 1 aromatic carbocycles. The zero-order chi connectivity index (χ0) is 22.1. The number of ether oxygens (including phenoxy) is 1. The maximum atomic E-state index is 13.6. The summed E-state index contributed by atoms with van der Waals surface area (Å²) in [6, 6.07) is 11.3. The molecule has 0 aliphatic carbocycles. The fourth-order valence-electron chi connectivity index (χ4n) is 5.09. The van der Waals surface area contributed by atoms with E-state index in [9.17, 15) is 9.59 Å². The Bertz CT molecular complexity index is 1020. The minimum atomic E-state index is -0.0132.